The predicted molar refractivity (Wildman–Crippen MR) is 112 cm³/mol. The molecule has 1 amide bonds. The zero-order valence-corrected chi connectivity index (χ0v) is 17.8. The van der Waals surface area contributed by atoms with Crippen LogP contribution < -0.4 is 14.8 Å². The van der Waals surface area contributed by atoms with Crippen molar-refractivity contribution in [2.24, 2.45) is 0 Å². The number of carbonyl (C=O) groups excluding carboxylic acids is 1. The van der Waals surface area contributed by atoms with Crippen LogP contribution in [0.3, 0.4) is 0 Å². The molecule has 0 radical (unpaired) electrons. The van der Waals surface area contributed by atoms with Crippen LogP contribution in [0.4, 0.5) is 0 Å². The van der Waals surface area contributed by atoms with Crippen LogP contribution in [-0.4, -0.2) is 17.6 Å². The summed E-state index contributed by atoms with van der Waals surface area (Å²) in [6, 6.07) is 12.0. The zero-order valence-electron chi connectivity index (χ0n) is 17.8. The van der Waals surface area contributed by atoms with Gasteiger partial charge in [0.1, 0.15) is 17.1 Å². The van der Waals surface area contributed by atoms with E-state index in [4.69, 9.17) is 9.47 Å². The first-order valence-corrected chi connectivity index (χ1v) is 10.0. The van der Waals surface area contributed by atoms with Crippen LogP contribution in [0, 0.1) is 20.8 Å². The molecule has 0 saturated heterocycles. The molecule has 2 atom stereocenters. The van der Waals surface area contributed by atoms with E-state index < -0.39 is 6.10 Å². The summed E-state index contributed by atoms with van der Waals surface area (Å²) in [4.78, 5) is 13.0. The van der Waals surface area contributed by atoms with Gasteiger partial charge in [0.25, 0.3) is 5.91 Å². The number of fused-ring (bicyclic) bond motifs is 1. The Morgan fingerprint density at radius 3 is 2.61 bits per heavy atom. The van der Waals surface area contributed by atoms with Crippen molar-refractivity contribution in [3.05, 3.63) is 58.7 Å². The minimum Gasteiger partial charge on any atom is -0.487 e. The normalized spacial score (nSPS) is 18.6. The maximum Gasteiger partial charge on any atom is 0.261 e. The molecule has 0 aromatic heterocycles. The first-order chi connectivity index (χ1) is 13.2. The minimum absolute atomic E-state index is 0.0880. The zero-order chi connectivity index (χ0) is 20.5. The summed E-state index contributed by atoms with van der Waals surface area (Å²) in [7, 11) is 0. The second kappa shape index (κ2) is 7.86. The molecule has 1 aliphatic heterocycles. The summed E-state index contributed by atoms with van der Waals surface area (Å²) in [5.41, 5.74) is 4.20. The summed E-state index contributed by atoms with van der Waals surface area (Å²) in [6.45, 7) is 12.2. The van der Waals surface area contributed by atoms with Crippen molar-refractivity contribution >= 4 is 5.91 Å². The summed E-state index contributed by atoms with van der Waals surface area (Å²) in [6.07, 6.45) is 0.794. The molecule has 150 valence electrons. The molecule has 2 aromatic rings. The van der Waals surface area contributed by atoms with E-state index in [1.54, 1.807) is 0 Å². The number of benzene rings is 2. The Balaban J connectivity index is 1.77. The molecular weight excluding hydrogens is 350 g/mol. The second-order valence-corrected chi connectivity index (χ2v) is 8.43. The van der Waals surface area contributed by atoms with Gasteiger partial charge in [0.2, 0.25) is 0 Å². The van der Waals surface area contributed by atoms with Gasteiger partial charge in [0.15, 0.2) is 6.10 Å². The highest BCUT2D eigenvalue weighted by Gasteiger charge is 2.35. The quantitative estimate of drug-likeness (QED) is 0.775. The van der Waals surface area contributed by atoms with Crippen LogP contribution in [0.15, 0.2) is 36.4 Å². The fourth-order valence-electron chi connectivity index (χ4n) is 3.63. The lowest BCUT2D eigenvalue weighted by Gasteiger charge is -2.38. The maximum atomic E-state index is 13.0. The van der Waals surface area contributed by atoms with Gasteiger partial charge in [-0.05, 0) is 75.9 Å². The summed E-state index contributed by atoms with van der Waals surface area (Å²) in [5.74, 6) is 1.49. The molecule has 0 aliphatic carbocycles. The largest absolute Gasteiger partial charge is 0.487 e. The van der Waals surface area contributed by atoms with Crippen LogP contribution in [0.25, 0.3) is 0 Å². The van der Waals surface area contributed by atoms with E-state index in [0.29, 0.717) is 6.42 Å². The maximum absolute atomic E-state index is 13.0. The van der Waals surface area contributed by atoms with Crippen molar-refractivity contribution in [3.8, 4) is 11.5 Å². The summed E-state index contributed by atoms with van der Waals surface area (Å²) >= 11 is 0. The van der Waals surface area contributed by atoms with Crippen LogP contribution in [0.1, 0.15) is 61.9 Å². The standard InChI is InChI=1S/C24H31NO3/c1-7-21(27-18-10-9-16(3)17(4)13-18)23(26)25-20-14-24(5,6)28-22-12-15(2)8-11-19(20)22/h8-13,20-21H,7,14H2,1-6H3,(H,25,26)/t20-,21+/m1/s1. The number of amides is 1. The average molecular weight is 382 g/mol. The third kappa shape index (κ3) is 4.49. The van der Waals surface area contributed by atoms with Crippen molar-refractivity contribution in [2.45, 2.75) is 72.1 Å². The highest BCUT2D eigenvalue weighted by atomic mass is 16.5. The molecule has 0 saturated carbocycles. The molecule has 0 fully saturated rings. The second-order valence-electron chi connectivity index (χ2n) is 8.43. The third-order valence-electron chi connectivity index (χ3n) is 5.36. The van der Waals surface area contributed by atoms with Gasteiger partial charge in [0.05, 0.1) is 6.04 Å². The van der Waals surface area contributed by atoms with Gasteiger partial charge in [0, 0.05) is 12.0 Å². The van der Waals surface area contributed by atoms with Gasteiger partial charge in [-0.2, -0.15) is 0 Å². The first kappa shape index (κ1) is 20.2. The monoisotopic (exact) mass is 381 g/mol. The summed E-state index contributed by atoms with van der Waals surface area (Å²) in [5, 5.41) is 3.20. The first-order valence-electron chi connectivity index (χ1n) is 10.0. The topological polar surface area (TPSA) is 47.6 Å². The Bertz CT molecular complexity index is 872. The summed E-state index contributed by atoms with van der Waals surface area (Å²) < 4.78 is 12.2. The molecule has 3 rings (SSSR count). The van der Waals surface area contributed by atoms with E-state index in [-0.39, 0.29) is 17.6 Å². The van der Waals surface area contributed by atoms with E-state index >= 15 is 0 Å². The lowest BCUT2D eigenvalue weighted by molar-refractivity contribution is -0.129. The molecule has 1 N–H and O–H groups in total. The van der Waals surface area contributed by atoms with Gasteiger partial charge < -0.3 is 14.8 Å². The number of carbonyl (C=O) groups is 1. The van der Waals surface area contributed by atoms with Gasteiger partial charge in [-0.25, -0.2) is 0 Å². The van der Waals surface area contributed by atoms with Crippen molar-refractivity contribution in [1.82, 2.24) is 5.32 Å². The molecule has 28 heavy (non-hydrogen) atoms. The fraction of sp³-hybridized carbons (Fsp3) is 0.458. The van der Waals surface area contributed by atoms with E-state index in [1.807, 2.05) is 45.0 Å². The third-order valence-corrected chi connectivity index (χ3v) is 5.36. The van der Waals surface area contributed by atoms with E-state index in [2.05, 4.69) is 38.2 Å². The highest BCUT2D eigenvalue weighted by molar-refractivity contribution is 5.81. The lowest BCUT2D eigenvalue weighted by atomic mass is 9.89. The van der Waals surface area contributed by atoms with Crippen LogP contribution in [-0.2, 0) is 4.79 Å². The van der Waals surface area contributed by atoms with E-state index in [0.717, 1.165) is 34.6 Å². The molecule has 0 bridgehead atoms. The van der Waals surface area contributed by atoms with Gasteiger partial charge in [-0.15, -0.1) is 0 Å². The lowest BCUT2D eigenvalue weighted by Crippen LogP contribution is -2.45. The number of rotatable bonds is 5. The number of aryl methyl sites for hydroxylation is 3. The molecule has 4 nitrogen and oxygen atoms in total. The van der Waals surface area contributed by atoms with Crippen molar-refractivity contribution in [3.63, 3.8) is 0 Å². The highest BCUT2D eigenvalue weighted by Crippen LogP contribution is 2.40. The van der Waals surface area contributed by atoms with Gasteiger partial charge >= 0.3 is 0 Å². The smallest absolute Gasteiger partial charge is 0.261 e. The van der Waals surface area contributed by atoms with Gasteiger partial charge in [-0.1, -0.05) is 25.1 Å². The Kier molecular flexibility index (Phi) is 5.69. The Morgan fingerprint density at radius 1 is 1.18 bits per heavy atom. The van der Waals surface area contributed by atoms with Crippen molar-refractivity contribution in [2.75, 3.05) is 0 Å². The Morgan fingerprint density at radius 2 is 1.93 bits per heavy atom. The molecule has 0 spiro atoms. The van der Waals surface area contributed by atoms with E-state index in [9.17, 15) is 4.79 Å². The molecule has 1 aliphatic rings. The molecule has 4 heteroatoms. The predicted octanol–water partition coefficient (Wildman–Crippen LogP) is 5.19. The molecular formula is C24H31NO3. The van der Waals surface area contributed by atoms with Crippen molar-refractivity contribution in [1.29, 1.82) is 0 Å². The van der Waals surface area contributed by atoms with Crippen LogP contribution in [0.5, 0.6) is 11.5 Å². The van der Waals surface area contributed by atoms with Crippen LogP contribution in [0.2, 0.25) is 0 Å². The van der Waals surface area contributed by atoms with Crippen LogP contribution >= 0.6 is 0 Å². The fourth-order valence-corrected chi connectivity index (χ4v) is 3.63. The average Bonchev–Trinajstić information content (AvgIpc) is 2.61. The molecule has 2 aromatic carbocycles. The van der Waals surface area contributed by atoms with E-state index in [1.165, 1.54) is 5.56 Å². The Hall–Kier alpha value is -2.49. The number of nitrogens with one attached hydrogen (secondary N) is 1. The SMILES string of the molecule is CC[C@H](Oc1ccc(C)c(C)c1)C(=O)N[C@@H]1CC(C)(C)Oc2cc(C)ccc21. The van der Waals surface area contributed by atoms with Crippen molar-refractivity contribution < 1.29 is 14.3 Å². The number of hydrogen-bond acceptors (Lipinski definition) is 3. The molecule has 0 unspecified atom stereocenters. The van der Waals surface area contributed by atoms with Gasteiger partial charge in [-0.3, -0.25) is 4.79 Å². The number of ether oxygens (including phenoxy) is 2. The minimum atomic E-state index is -0.526. The Labute approximate surface area is 168 Å². The molecule has 1 heterocycles. The number of hydrogen-bond donors (Lipinski definition) is 1.